The molecule has 1 aliphatic rings. The fourth-order valence-electron chi connectivity index (χ4n) is 2.90. The van der Waals surface area contributed by atoms with Crippen molar-refractivity contribution in [3.63, 3.8) is 0 Å². The molecular formula is C17H23N3O5S. The normalized spacial score (nSPS) is 14.3. The number of carbonyl (C=O) groups excluding carboxylic acids is 2. The number of urea groups is 1. The predicted octanol–water partition coefficient (Wildman–Crippen LogP) is 2.39. The number of nitrogens with one attached hydrogen (secondary N) is 1. The third-order valence-electron chi connectivity index (χ3n) is 4.50. The van der Waals surface area contributed by atoms with Crippen LogP contribution in [0.15, 0.2) is 22.6 Å². The van der Waals surface area contributed by atoms with E-state index >= 15 is 0 Å². The first-order chi connectivity index (χ1) is 12.4. The molecule has 8 nitrogen and oxygen atoms in total. The highest BCUT2D eigenvalue weighted by atomic mass is 32.2. The van der Waals surface area contributed by atoms with E-state index in [4.69, 9.17) is 4.74 Å². The molecule has 142 valence electrons. The minimum Gasteiger partial charge on any atom is -0.494 e. The summed E-state index contributed by atoms with van der Waals surface area (Å²) < 4.78 is 30.6. The largest absolute Gasteiger partial charge is 0.494 e. The summed E-state index contributed by atoms with van der Waals surface area (Å²) in [4.78, 5) is 26.5. The van der Waals surface area contributed by atoms with Gasteiger partial charge in [-0.15, -0.1) is 4.36 Å². The first-order valence-corrected chi connectivity index (χ1v) is 9.46. The number of nitrogens with zero attached hydrogens (tertiary/aromatic N) is 2. The third-order valence-corrected chi connectivity index (χ3v) is 4.85. The van der Waals surface area contributed by atoms with Gasteiger partial charge in [0.15, 0.2) is 0 Å². The lowest BCUT2D eigenvalue weighted by atomic mass is 9.93. The van der Waals surface area contributed by atoms with Gasteiger partial charge in [0.1, 0.15) is 11.4 Å². The van der Waals surface area contributed by atoms with Crippen LogP contribution >= 0.6 is 0 Å². The number of hydrogen-bond acceptors (Lipinski definition) is 6. The average Bonchev–Trinajstić information content (AvgIpc) is 3.43. The van der Waals surface area contributed by atoms with Crippen molar-refractivity contribution in [1.29, 1.82) is 0 Å². The summed E-state index contributed by atoms with van der Waals surface area (Å²) in [6.45, 7) is 2.33. The third kappa shape index (κ3) is 4.04. The van der Waals surface area contributed by atoms with E-state index in [1.807, 2.05) is 6.92 Å². The van der Waals surface area contributed by atoms with E-state index in [2.05, 4.69) is 9.68 Å². The van der Waals surface area contributed by atoms with Crippen LogP contribution in [0.1, 0.15) is 38.2 Å². The minimum absolute atomic E-state index is 0.137. The van der Waals surface area contributed by atoms with Crippen molar-refractivity contribution >= 4 is 28.1 Å². The van der Waals surface area contributed by atoms with Gasteiger partial charge in [-0.05, 0) is 37.0 Å². The lowest BCUT2D eigenvalue weighted by Crippen LogP contribution is -2.47. The molecule has 0 unspecified atom stereocenters. The zero-order chi connectivity index (χ0) is 19.3. The minimum atomic E-state index is -2.64. The molecule has 0 atom stereocenters. The van der Waals surface area contributed by atoms with Gasteiger partial charge in [0.2, 0.25) is 5.91 Å². The molecule has 0 heterocycles. The second-order valence-electron chi connectivity index (χ2n) is 6.14. The number of hydrogen-bond donors (Lipinski definition) is 1. The second kappa shape index (κ2) is 8.31. The van der Waals surface area contributed by atoms with E-state index < -0.39 is 21.9 Å². The van der Waals surface area contributed by atoms with Gasteiger partial charge in [-0.2, -0.15) is 8.42 Å². The van der Waals surface area contributed by atoms with E-state index in [1.54, 1.807) is 18.2 Å². The highest BCUT2D eigenvalue weighted by molar-refractivity contribution is 7.61. The van der Waals surface area contributed by atoms with Gasteiger partial charge in [0.05, 0.1) is 12.5 Å². The molecule has 2 rings (SSSR count). The van der Waals surface area contributed by atoms with Crippen LogP contribution in [0.3, 0.4) is 0 Å². The summed E-state index contributed by atoms with van der Waals surface area (Å²) in [5.74, 6) is 0.0278. The van der Waals surface area contributed by atoms with Crippen LogP contribution in [-0.4, -0.2) is 46.0 Å². The van der Waals surface area contributed by atoms with Crippen LogP contribution in [0, 0.1) is 0 Å². The molecule has 1 aliphatic carbocycles. The number of unbranched alkanes of at least 4 members (excludes halogenated alkanes) is 1. The van der Waals surface area contributed by atoms with Crippen LogP contribution in [0.4, 0.5) is 10.5 Å². The lowest BCUT2D eigenvalue weighted by Gasteiger charge is -2.26. The molecule has 1 aromatic carbocycles. The highest BCUT2D eigenvalue weighted by Crippen LogP contribution is 2.51. The summed E-state index contributed by atoms with van der Waals surface area (Å²) in [5, 5.41) is 2.51. The number of carbonyl (C=O) groups is 2. The summed E-state index contributed by atoms with van der Waals surface area (Å²) in [6.07, 6.45) is 2.76. The number of rotatable bonds is 7. The second-order valence-corrected chi connectivity index (χ2v) is 6.76. The van der Waals surface area contributed by atoms with E-state index in [0.717, 1.165) is 6.42 Å². The number of imide groups is 1. The Balaban J connectivity index is 2.41. The topological polar surface area (TPSA) is 105 Å². The van der Waals surface area contributed by atoms with Crippen molar-refractivity contribution in [1.82, 2.24) is 10.2 Å². The van der Waals surface area contributed by atoms with Crippen molar-refractivity contribution in [3.8, 4) is 5.75 Å². The number of benzene rings is 1. The zero-order valence-corrected chi connectivity index (χ0v) is 15.9. The van der Waals surface area contributed by atoms with Crippen LogP contribution in [0.2, 0.25) is 0 Å². The van der Waals surface area contributed by atoms with Gasteiger partial charge in [-0.25, -0.2) is 4.79 Å². The molecular weight excluding hydrogens is 358 g/mol. The number of methoxy groups -OCH3 is 1. The fraction of sp³-hybridized carbons (Fsp3) is 0.529. The van der Waals surface area contributed by atoms with Crippen molar-refractivity contribution in [2.75, 3.05) is 20.7 Å². The Kier molecular flexibility index (Phi) is 6.36. The molecule has 1 aromatic rings. The molecule has 0 saturated heterocycles. The molecule has 0 radical (unpaired) electrons. The zero-order valence-electron chi connectivity index (χ0n) is 15.1. The Morgan fingerprint density at radius 1 is 1.35 bits per heavy atom. The van der Waals surface area contributed by atoms with Gasteiger partial charge in [-0.1, -0.05) is 19.4 Å². The Hall–Kier alpha value is -2.42. The summed E-state index contributed by atoms with van der Waals surface area (Å²) in [5.41, 5.74) is -0.0448. The van der Waals surface area contributed by atoms with Crippen LogP contribution in [0.25, 0.3) is 0 Å². The Morgan fingerprint density at radius 2 is 2.04 bits per heavy atom. The van der Waals surface area contributed by atoms with Crippen LogP contribution < -0.4 is 10.1 Å². The van der Waals surface area contributed by atoms with E-state index in [-0.39, 0.29) is 11.6 Å². The summed E-state index contributed by atoms with van der Waals surface area (Å²) >= 11 is 0. The molecule has 9 heteroatoms. The first-order valence-electron chi connectivity index (χ1n) is 8.43. The van der Waals surface area contributed by atoms with Crippen LogP contribution in [0.5, 0.6) is 5.75 Å². The number of amides is 3. The predicted molar refractivity (Wildman–Crippen MR) is 96.0 cm³/mol. The van der Waals surface area contributed by atoms with Crippen molar-refractivity contribution in [3.05, 3.63) is 23.8 Å². The molecule has 0 spiro atoms. The van der Waals surface area contributed by atoms with Crippen molar-refractivity contribution in [2.45, 2.75) is 38.0 Å². The Labute approximate surface area is 154 Å². The molecule has 1 fully saturated rings. The molecule has 1 saturated carbocycles. The van der Waals surface area contributed by atoms with Crippen molar-refractivity contribution < 1.29 is 22.7 Å². The summed E-state index contributed by atoms with van der Waals surface area (Å²) in [7, 11) is 0.263. The average molecular weight is 381 g/mol. The first kappa shape index (κ1) is 19.9. The molecule has 3 amide bonds. The maximum absolute atomic E-state index is 13.1. The Morgan fingerprint density at radius 3 is 2.54 bits per heavy atom. The lowest BCUT2D eigenvalue weighted by molar-refractivity contribution is -0.131. The quantitative estimate of drug-likeness (QED) is 0.781. The molecule has 0 aromatic heterocycles. The maximum atomic E-state index is 13.1. The molecule has 1 N–H and O–H groups in total. The van der Waals surface area contributed by atoms with Gasteiger partial charge >= 0.3 is 16.5 Å². The SMILES string of the molecule is CCCCN(C(=O)NC)C(=O)C1(c2ccc(OC)c(N=S(=O)=O)c2)CC1. The number of ether oxygens (including phenoxy) is 1. The molecule has 0 bridgehead atoms. The van der Waals surface area contributed by atoms with Gasteiger partial charge in [0.25, 0.3) is 0 Å². The standard InChI is InChI=1S/C17H23N3O5S/c1-4-5-10-20(16(22)18-2)15(21)17(8-9-17)12-6-7-14(25-3)13(11-12)19-26(23)24/h6-7,11H,4-5,8-10H2,1-3H3,(H,18,22). The Bertz CT molecular complexity index is 823. The smallest absolute Gasteiger partial charge is 0.323 e. The fourth-order valence-corrected chi connectivity index (χ4v) is 3.20. The molecule has 0 aliphatic heterocycles. The highest BCUT2D eigenvalue weighted by Gasteiger charge is 2.54. The van der Waals surface area contributed by atoms with E-state index in [0.29, 0.717) is 37.1 Å². The van der Waals surface area contributed by atoms with Gasteiger partial charge < -0.3 is 10.1 Å². The van der Waals surface area contributed by atoms with Crippen molar-refractivity contribution in [2.24, 2.45) is 4.36 Å². The summed E-state index contributed by atoms with van der Waals surface area (Å²) in [6, 6.07) is 4.42. The monoisotopic (exact) mass is 381 g/mol. The maximum Gasteiger partial charge on any atom is 0.323 e. The van der Waals surface area contributed by atoms with Gasteiger partial charge in [0, 0.05) is 13.6 Å². The van der Waals surface area contributed by atoms with Crippen LogP contribution in [-0.2, 0) is 20.7 Å². The van der Waals surface area contributed by atoms with E-state index in [9.17, 15) is 18.0 Å². The molecule has 26 heavy (non-hydrogen) atoms. The van der Waals surface area contributed by atoms with E-state index in [1.165, 1.54) is 19.1 Å². The van der Waals surface area contributed by atoms with Gasteiger partial charge in [-0.3, -0.25) is 9.69 Å².